The van der Waals surface area contributed by atoms with Gasteiger partial charge in [-0.2, -0.15) is 5.10 Å². The molecule has 0 fully saturated rings. The zero-order valence-electron chi connectivity index (χ0n) is 12.3. The van der Waals surface area contributed by atoms with Crippen molar-refractivity contribution in [2.45, 2.75) is 0 Å². The second kappa shape index (κ2) is 8.41. The lowest BCUT2D eigenvalue weighted by Crippen LogP contribution is -2.24. The number of methoxy groups -OCH3 is 1. The summed E-state index contributed by atoms with van der Waals surface area (Å²) in [5.74, 6) is 0.630. The van der Waals surface area contributed by atoms with E-state index in [4.69, 9.17) is 32.7 Å². The van der Waals surface area contributed by atoms with Gasteiger partial charge in [0, 0.05) is 0 Å². The van der Waals surface area contributed by atoms with Crippen LogP contribution in [0.15, 0.2) is 47.6 Å². The quantitative estimate of drug-likeness (QED) is 0.638. The molecule has 1 amide bonds. The van der Waals surface area contributed by atoms with Crippen molar-refractivity contribution >= 4 is 35.3 Å². The van der Waals surface area contributed by atoms with Crippen LogP contribution in [-0.2, 0) is 4.79 Å². The van der Waals surface area contributed by atoms with Crippen LogP contribution in [0.1, 0.15) is 5.56 Å². The Morgan fingerprint density at radius 3 is 2.83 bits per heavy atom. The molecule has 0 unspecified atom stereocenters. The van der Waals surface area contributed by atoms with E-state index in [1.165, 1.54) is 6.21 Å². The molecule has 5 nitrogen and oxygen atoms in total. The van der Waals surface area contributed by atoms with E-state index in [0.717, 1.165) is 5.56 Å². The van der Waals surface area contributed by atoms with Gasteiger partial charge in [-0.1, -0.05) is 41.4 Å². The summed E-state index contributed by atoms with van der Waals surface area (Å²) in [5, 5.41) is 4.48. The van der Waals surface area contributed by atoms with Crippen LogP contribution in [0.25, 0.3) is 0 Å². The maximum absolute atomic E-state index is 11.7. The number of halogens is 2. The normalized spacial score (nSPS) is 10.6. The van der Waals surface area contributed by atoms with E-state index < -0.39 is 5.91 Å². The Labute approximate surface area is 143 Å². The average molecular weight is 353 g/mol. The van der Waals surface area contributed by atoms with E-state index in [1.807, 2.05) is 18.2 Å². The van der Waals surface area contributed by atoms with Gasteiger partial charge in [-0.15, -0.1) is 0 Å². The zero-order chi connectivity index (χ0) is 16.7. The van der Waals surface area contributed by atoms with Gasteiger partial charge >= 0.3 is 0 Å². The van der Waals surface area contributed by atoms with Crippen molar-refractivity contribution in [3.63, 3.8) is 0 Å². The molecule has 2 aromatic rings. The summed E-state index contributed by atoms with van der Waals surface area (Å²) >= 11 is 11.8. The molecular weight excluding hydrogens is 339 g/mol. The largest absolute Gasteiger partial charge is 0.497 e. The van der Waals surface area contributed by atoms with Gasteiger partial charge in [0.05, 0.1) is 18.3 Å². The first-order valence-electron chi connectivity index (χ1n) is 6.63. The summed E-state index contributed by atoms with van der Waals surface area (Å²) < 4.78 is 10.4. The van der Waals surface area contributed by atoms with E-state index in [-0.39, 0.29) is 11.6 Å². The monoisotopic (exact) mass is 352 g/mol. The SMILES string of the molecule is COc1cccc(/C=N\NC(=O)COc2cccc(Cl)c2Cl)c1. The molecule has 0 saturated heterocycles. The number of ether oxygens (including phenoxy) is 2. The molecule has 2 aromatic carbocycles. The fourth-order valence-corrected chi connectivity index (χ4v) is 2.02. The fraction of sp³-hybridized carbons (Fsp3) is 0.125. The third-order valence-corrected chi connectivity index (χ3v) is 3.57. The van der Waals surface area contributed by atoms with Crippen molar-refractivity contribution in [3.05, 3.63) is 58.1 Å². The summed E-state index contributed by atoms with van der Waals surface area (Å²) in [4.78, 5) is 11.7. The predicted molar refractivity (Wildman–Crippen MR) is 90.7 cm³/mol. The second-order valence-electron chi connectivity index (χ2n) is 4.41. The molecule has 0 bridgehead atoms. The topological polar surface area (TPSA) is 59.9 Å². The predicted octanol–water partition coefficient (Wildman–Crippen LogP) is 3.53. The minimum absolute atomic E-state index is 0.227. The lowest BCUT2D eigenvalue weighted by molar-refractivity contribution is -0.123. The highest BCUT2D eigenvalue weighted by Crippen LogP contribution is 2.31. The Kier molecular flexibility index (Phi) is 6.26. The molecule has 0 atom stereocenters. The van der Waals surface area contributed by atoms with Crippen LogP contribution in [-0.4, -0.2) is 25.8 Å². The van der Waals surface area contributed by atoms with E-state index in [2.05, 4.69) is 10.5 Å². The van der Waals surface area contributed by atoms with Crippen LogP contribution >= 0.6 is 23.2 Å². The first kappa shape index (κ1) is 17.1. The summed E-state index contributed by atoms with van der Waals surface area (Å²) in [7, 11) is 1.58. The lowest BCUT2D eigenvalue weighted by atomic mass is 10.2. The molecule has 0 spiro atoms. The molecule has 0 saturated carbocycles. The summed E-state index contributed by atoms with van der Waals surface area (Å²) in [5.41, 5.74) is 3.16. The number of nitrogens with one attached hydrogen (secondary N) is 1. The van der Waals surface area contributed by atoms with E-state index in [0.29, 0.717) is 16.5 Å². The number of nitrogens with zero attached hydrogens (tertiary/aromatic N) is 1. The number of hydrogen-bond acceptors (Lipinski definition) is 4. The number of rotatable bonds is 6. The van der Waals surface area contributed by atoms with Gasteiger partial charge < -0.3 is 9.47 Å². The highest BCUT2D eigenvalue weighted by Gasteiger charge is 2.07. The van der Waals surface area contributed by atoms with Crippen molar-refractivity contribution < 1.29 is 14.3 Å². The first-order valence-corrected chi connectivity index (χ1v) is 7.38. The number of carbonyl (C=O) groups excluding carboxylic acids is 1. The minimum atomic E-state index is -0.416. The minimum Gasteiger partial charge on any atom is -0.497 e. The van der Waals surface area contributed by atoms with Gasteiger partial charge in [0.2, 0.25) is 0 Å². The van der Waals surface area contributed by atoms with Crippen molar-refractivity contribution in [2.75, 3.05) is 13.7 Å². The van der Waals surface area contributed by atoms with E-state index in [9.17, 15) is 4.79 Å². The van der Waals surface area contributed by atoms with E-state index in [1.54, 1.807) is 31.4 Å². The second-order valence-corrected chi connectivity index (χ2v) is 5.20. The molecule has 23 heavy (non-hydrogen) atoms. The maximum Gasteiger partial charge on any atom is 0.277 e. The number of hydrogen-bond donors (Lipinski definition) is 1. The summed E-state index contributed by atoms with van der Waals surface area (Å²) in [6.45, 7) is -0.227. The highest BCUT2D eigenvalue weighted by atomic mass is 35.5. The lowest BCUT2D eigenvalue weighted by Gasteiger charge is -2.07. The van der Waals surface area contributed by atoms with Gasteiger partial charge in [-0.25, -0.2) is 5.43 Å². The Balaban J connectivity index is 1.85. The molecule has 0 aliphatic heterocycles. The molecule has 1 N–H and O–H groups in total. The van der Waals surface area contributed by atoms with Gasteiger partial charge in [0.1, 0.15) is 16.5 Å². The Morgan fingerprint density at radius 1 is 1.26 bits per heavy atom. The standard InChI is InChI=1S/C16H14Cl2N2O3/c1-22-12-5-2-4-11(8-12)9-19-20-15(21)10-23-14-7-3-6-13(17)16(14)18/h2-9H,10H2,1H3,(H,20,21)/b19-9-. The van der Waals surface area contributed by atoms with Gasteiger partial charge in [-0.05, 0) is 29.8 Å². The van der Waals surface area contributed by atoms with Crippen LogP contribution in [0.4, 0.5) is 0 Å². The molecule has 120 valence electrons. The number of carbonyl (C=O) groups is 1. The molecule has 0 aliphatic rings. The fourth-order valence-electron chi connectivity index (χ4n) is 1.67. The van der Waals surface area contributed by atoms with Crippen LogP contribution in [0, 0.1) is 0 Å². The van der Waals surface area contributed by atoms with Crippen LogP contribution in [0.3, 0.4) is 0 Å². The molecule has 0 heterocycles. The van der Waals surface area contributed by atoms with Gasteiger partial charge in [0.15, 0.2) is 6.61 Å². The Hall–Kier alpha value is -2.24. The first-order chi connectivity index (χ1) is 11.1. The summed E-state index contributed by atoms with van der Waals surface area (Å²) in [6, 6.07) is 12.2. The molecule has 0 aromatic heterocycles. The van der Waals surface area contributed by atoms with Crippen molar-refractivity contribution in [2.24, 2.45) is 5.10 Å². The van der Waals surface area contributed by atoms with Crippen molar-refractivity contribution in [1.82, 2.24) is 5.43 Å². The van der Waals surface area contributed by atoms with Crippen LogP contribution in [0.2, 0.25) is 10.0 Å². The van der Waals surface area contributed by atoms with Crippen LogP contribution in [0.5, 0.6) is 11.5 Å². The van der Waals surface area contributed by atoms with Crippen LogP contribution < -0.4 is 14.9 Å². The van der Waals surface area contributed by atoms with Crippen molar-refractivity contribution in [3.8, 4) is 11.5 Å². The molecule has 0 aliphatic carbocycles. The number of hydrazone groups is 1. The van der Waals surface area contributed by atoms with Gasteiger partial charge in [-0.3, -0.25) is 4.79 Å². The van der Waals surface area contributed by atoms with Crippen molar-refractivity contribution in [1.29, 1.82) is 0 Å². The Morgan fingerprint density at radius 2 is 2.04 bits per heavy atom. The smallest absolute Gasteiger partial charge is 0.277 e. The molecule has 2 rings (SSSR count). The molecule has 7 heteroatoms. The third kappa shape index (κ3) is 5.16. The Bertz CT molecular complexity index is 720. The highest BCUT2D eigenvalue weighted by molar-refractivity contribution is 6.42. The molecule has 0 radical (unpaired) electrons. The number of amides is 1. The van der Waals surface area contributed by atoms with E-state index >= 15 is 0 Å². The molecular formula is C16H14Cl2N2O3. The maximum atomic E-state index is 11.7. The van der Waals surface area contributed by atoms with Gasteiger partial charge in [0.25, 0.3) is 5.91 Å². The number of benzene rings is 2. The summed E-state index contributed by atoms with van der Waals surface area (Å²) in [6.07, 6.45) is 1.51. The third-order valence-electron chi connectivity index (χ3n) is 2.77. The zero-order valence-corrected chi connectivity index (χ0v) is 13.8. The average Bonchev–Trinajstić information content (AvgIpc) is 2.56.